The molecule has 0 aliphatic carbocycles. The summed E-state index contributed by atoms with van der Waals surface area (Å²) in [4.78, 5) is 3.83. The molecule has 0 spiro atoms. The molecule has 0 bridgehead atoms. The first kappa shape index (κ1) is 15.6. The van der Waals surface area contributed by atoms with Crippen LogP contribution in [0.5, 0.6) is 0 Å². The molecule has 5 nitrogen and oxygen atoms in total. The van der Waals surface area contributed by atoms with E-state index < -0.39 is 10.0 Å². The third-order valence-corrected chi connectivity index (χ3v) is 5.18. The number of anilines is 2. The molecule has 2 aromatic rings. The lowest BCUT2D eigenvalue weighted by Crippen LogP contribution is -2.31. The van der Waals surface area contributed by atoms with Gasteiger partial charge in [-0.25, -0.2) is 13.4 Å². The molecule has 0 aliphatic rings. The highest BCUT2D eigenvalue weighted by Crippen LogP contribution is 2.26. The van der Waals surface area contributed by atoms with Crippen molar-refractivity contribution in [3.63, 3.8) is 0 Å². The molecule has 7 heteroatoms. The number of aryl methyl sites for hydroxylation is 1. The van der Waals surface area contributed by atoms with Crippen molar-refractivity contribution in [2.75, 3.05) is 16.6 Å². The first-order valence-electron chi connectivity index (χ1n) is 6.36. The van der Waals surface area contributed by atoms with Crippen molar-refractivity contribution in [3.05, 3.63) is 47.1 Å². The van der Waals surface area contributed by atoms with Crippen LogP contribution in [0.2, 0.25) is 5.02 Å². The second kappa shape index (κ2) is 5.91. The van der Waals surface area contributed by atoms with Gasteiger partial charge in [-0.2, -0.15) is 0 Å². The molecule has 2 rings (SSSR count). The number of hydrogen-bond acceptors (Lipinski definition) is 4. The van der Waals surface area contributed by atoms with Gasteiger partial charge in [0.05, 0.1) is 10.7 Å². The van der Waals surface area contributed by atoms with Crippen molar-refractivity contribution >= 4 is 33.1 Å². The van der Waals surface area contributed by atoms with Crippen LogP contribution in [0.4, 0.5) is 11.5 Å². The minimum Gasteiger partial charge on any atom is -0.382 e. The summed E-state index contributed by atoms with van der Waals surface area (Å²) in [5.41, 5.74) is 7.10. The van der Waals surface area contributed by atoms with E-state index in [-0.39, 0.29) is 15.7 Å². The van der Waals surface area contributed by atoms with Gasteiger partial charge in [-0.05, 0) is 37.6 Å². The smallest absolute Gasteiger partial charge is 0.265 e. The Hall–Kier alpha value is -1.79. The third-order valence-electron chi connectivity index (χ3n) is 3.01. The molecule has 0 aliphatic heterocycles. The van der Waals surface area contributed by atoms with Gasteiger partial charge in [0.2, 0.25) is 0 Å². The average Bonchev–Trinajstić information content (AvgIpc) is 2.42. The highest BCUT2D eigenvalue weighted by molar-refractivity contribution is 7.92. The molecule has 0 saturated carbocycles. The average molecular weight is 326 g/mol. The molecular weight excluding hydrogens is 310 g/mol. The van der Waals surface area contributed by atoms with Gasteiger partial charge in [0.25, 0.3) is 10.0 Å². The lowest BCUT2D eigenvalue weighted by atomic mass is 10.2. The van der Waals surface area contributed by atoms with E-state index in [4.69, 9.17) is 17.3 Å². The minimum atomic E-state index is -3.73. The van der Waals surface area contributed by atoms with Crippen molar-refractivity contribution in [2.45, 2.75) is 18.7 Å². The number of benzene rings is 1. The molecule has 0 saturated heterocycles. The van der Waals surface area contributed by atoms with E-state index in [1.54, 1.807) is 13.0 Å². The normalized spacial score (nSPS) is 11.4. The van der Waals surface area contributed by atoms with Gasteiger partial charge in [0.15, 0.2) is 0 Å². The van der Waals surface area contributed by atoms with Crippen molar-refractivity contribution < 1.29 is 8.42 Å². The van der Waals surface area contributed by atoms with Crippen LogP contribution in [-0.4, -0.2) is 19.9 Å². The van der Waals surface area contributed by atoms with Crippen molar-refractivity contribution in [1.82, 2.24) is 4.98 Å². The monoisotopic (exact) mass is 325 g/mol. The summed E-state index contributed by atoms with van der Waals surface area (Å²) in [6.45, 7) is 3.98. The lowest BCUT2D eigenvalue weighted by Gasteiger charge is -2.23. The maximum Gasteiger partial charge on any atom is 0.265 e. The fraction of sp³-hybridized carbons (Fsp3) is 0.214. The van der Waals surface area contributed by atoms with Gasteiger partial charge in [-0.3, -0.25) is 4.31 Å². The Morgan fingerprint density at radius 2 is 2.05 bits per heavy atom. The van der Waals surface area contributed by atoms with Crippen LogP contribution in [0.15, 0.2) is 41.4 Å². The standard InChI is InChI=1S/C14H16ClN3O2S/c1-3-18(11-6-4-5-10(2)7-11)21(19,20)12-8-13(15)14(16)17-9-12/h4-9H,3H2,1-2H3,(H2,16,17). The summed E-state index contributed by atoms with van der Waals surface area (Å²) in [6.07, 6.45) is 1.22. The molecule has 1 aromatic heterocycles. The van der Waals surface area contributed by atoms with Gasteiger partial charge >= 0.3 is 0 Å². The van der Waals surface area contributed by atoms with Gasteiger partial charge in [0.1, 0.15) is 10.7 Å². The van der Waals surface area contributed by atoms with Gasteiger partial charge in [0, 0.05) is 12.7 Å². The first-order chi connectivity index (χ1) is 9.86. The number of rotatable bonds is 4. The molecule has 0 atom stereocenters. The van der Waals surface area contributed by atoms with Crippen molar-refractivity contribution in [2.24, 2.45) is 0 Å². The largest absolute Gasteiger partial charge is 0.382 e. The number of pyridine rings is 1. The zero-order valence-corrected chi connectivity index (χ0v) is 13.3. The summed E-state index contributed by atoms with van der Waals surface area (Å²) in [5, 5.41) is 0.122. The zero-order chi connectivity index (χ0) is 15.6. The third kappa shape index (κ3) is 3.11. The van der Waals surface area contributed by atoms with E-state index >= 15 is 0 Å². The topological polar surface area (TPSA) is 76.3 Å². The Bertz CT molecular complexity index is 763. The summed E-state index contributed by atoms with van der Waals surface area (Å²) in [7, 11) is -3.73. The highest BCUT2D eigenvalue weighted by atomic mass is 35.5. The quantitative estimate of drug-likeness (QED) is 0.937. The van der Waals surface area contributed by atoms with Crippen LogP contribution in [0.1, 0.15) is 12.5 Å². The maximum absolute atomic E-state index is 12.7. The van der Waals surface area contributed by atoms with Gasteiger partial charge in [-0.15, -0.1) is 0 Å². The number of nitrogens with zero attached hydrogens (tertiary/aromatic N) is 2. The SMILES string of the molecule is CCN(c1cccc(C)c1)S(=O)(=O)c1cnc(N)c(Cl)c1. The summed E-state index contributed by atoms with van der Waals surface area (Å²) >= 11 is 5.87. The van der Waals surface area contributed by atoms with E-state index in [1.165, 1.54) is 16.6 Å². The number of sulfonamides is 1. The van der Waals surface area contributed by atoms with Crippen LogP contribution in [0.3, 0.4) is 0 Å². The molecule has 0 amide bonds. The summed E-state index contributed by atoms with van der Waals surface area (Å²) < 4.78 is 26.8. The number of aromatic nitrogens is 1. The van der Waals surface area contributed by atoms with Gasteiger partial charge in [-0.1, -0.05) is 23.7 Å². The second-order valence-corrected chi connectivity index (χ2v) is 6.82. The van der Waals surface area contributed by atoms with Crippen LogP contribution in [-0.2, 0) is 10.0 Å². The molecule has 21 heavy (non-hydrogen) atoms. The fourth-order valence-electron chi connectivity index (χ4n) is 1.97. The fourth-order valence-corrected chi connectivity index (χ4v) is 3.64. The minimum absolute atomic E-state index is 0.0186. The van der Waals surface area contributed by atoms with Crippen LogP contribution >= 0.6 is 11.6 Å². The Kier molecular flexibility index (Phi) is 4.39. The van der Waals surface area contributed by atoms with E-state index in [1.807, 2.05) is 25.1 Å². The summed E-state index contributed by atoms with van der Waals surface area (Å²) in [6, 6.07) is 8.61. The Balaban J connectivity index is 2.51. The Labute approximate surface area is 129 Å². The predicted molar refractivity (Wildman–Crippen MR) is 85.0 cm³/mol. The van der Waals surface area contributed by atoms with Crippen LogP contribution < -0.4 is 10.0 Å². The maximum atomic E-state index is 12.7. The number of nitrogens with two attached hydrogens (primary N) is 1. The van der Waals surface area contributed by atoms with Gasteiger partial charge < -0.3 is 5.73 Å². The molecule has 0 fully saturated rings. The molecule has 1 heterocycles. The number of nitrogen functional groups attached to an aromatic ring is 1. The molecule has 0 radical (unpaired) electrons. The van der Waals surface area contributed by atoms with E-state index in [9.17, 15) is 8.42 Å². The van der Waals surface area contributed by atoms with E-state index in [0.29, 0.717) is 12.2 Å². The lowest BCUT2D eigenvalue weighted by molar-refractivity contribution is 0.591. The Morgan fingerprint density at radius 1 is 1.33 bits per heavy atom. The van der Waals surface area contributed by atoms with E-state index in [0.717, 1.165) is 5.56 Å². The number of hydrogen-bond donors (Lipinski definition) is 1. The molecular formula is C14H16ClN3O2S. The van der Waals surface area contributed by atoms with Crippen molar-refractivity contribution in [3.8, 4) is 0 Å². The predicted octanol–water partition coefficient (Wildman–Crippen LogP) is 2.84. The molecule has 1 aromatic carbocycles. The highest BCUT2D eigenvalue weighted by Gasteiger charge is 2.24. The first-order valence-corrected chi connectivity index (χ1v) is 8.18. The number of halogens is 1. The molecule has 112 valence electrons. The van der Waals surface area contributed by atoms with Crippen LogP contribution in [0, 0.1) is 6.92 Å². The zero-order valence-electron chi connectivity index (χ0n) is 11.7. The second-order valence-electron chi connectivity index (χ2n) is 4.55. The van der Waals surface area contributed by atoms with Crippen molar-refractivity contribution in [1.29, 1.82) is 0 Å². The molecule has 0 unspecified atom stereocenters. The Morgan fingerprint density at radius 3 is 2.62 bits per heavy atom. The van der Waals surface area contributed by atoms with E-state index in [2.05, 4.69) is 4.98 Å². The summed E-state index contributed by atoms with van der Waals surface area (Å²) in [5.74, 6) is 0.106. The molecule has 2 N–H and O–H groups in total. The van der Waals surface area contributed by atoms with Crippen LogP contribution in [0.25, 0.3) is 0 Å².